The molecule has 1 saturated heterocycles. The van der Waals surface area contributed by atoms with Gasteiger partial charge in [0, 0.05) is 31.4 Å². The Bertz CT molecular complexity index is 508. The average Bonchev–Trinajstić information content (AvgIpc) is 2.55. The van der Waals surface area contributed by atoms with Crippen molar-refractivity contribution in [2.75, 3.05) is 31.1 Å². The van der Waals surface area contributed by atoms with E-state index in [2.05, 4.69) is 32.7 Å². The molecule has 0 bridgehead atoms. The fourth-order valence-electron chi connectivity index (χ4n) is 2.73. The average molecular weight is 342 g/mol. The summed E-state index contributed by atoms with van der Waals surface area (Å²) in [5, 5.41) is 6.28. The Morgan fingerprint density at radius 3 is 2.46 bits per heavy atom. The van der Waals surface area contributed by atoms with Crippen LogP contribution in [0, 0.1) is 0 Å². The minimum absolute atomic E-state index is 0.230. The van der Waals surface area contributed by atoms with E-state index in [9.17, 15) is 13.2 Å². The van der Waals surface area contributed by atoms with Crippen molar-refractivity contribution in [3.63, 3.8) is 0 Å². The molecule has 2 rings (SSSR count). The first kappa shape index (κ1) is 18.4. The highest BCUT2D eigenvalue weighted by Gasteiger charge is 2.26. The van der Waals surface area contributed by atoms with Gasteiger partial charge < -0.3 is 15.5 Å². The molecule has 0 saturated carbocycles. The number of benzene rings is 1. The number of guanidine groups is 1. The maximum Gasteiger partial charge on any atom is 0.390 e. The summed E-state index contributed by atoms with van der Waals surface area (Å²) in [7, 11) is 0. The zero-order chi connectivity index (χ0) is 17.4. The number of nitrogens with one attached hydrogen (secondary N) is 2. The van der Waals surface area contributed by atoms with Crippen LogP contribution in [0.3, 0.4) is 0 Å². The van der Waals surface area contributed by atoms with Crippen molar-refractivity contribution in [3.05, 3.63) is 30.3 Å². The number of hydrogen-bond acceptors (Lipinski definition) is 2. The molecule has 1 aliphatic rings. The lowest BCUT2D eigenvalue weighted by molar-refractivity contribution is -0.132. The van der Waals surface area contributed by atoms with Crippen LogP contribution in [-0.2, 0) is 0 Å². The third-order valence-electron chi connectivity index (χ3n) is 3.97. The number of alkyl halides is 3. The van der Waals surface area contributed by atoms with Crippen LogP contribution < -0.4 is 15.5 Å². The summed E-state index contributed by atoms with van der Waals surface area (Å²) >= 11 is 0. The van der Waals surface area contributed by atoms with Gasteiger partial charge in [0.15, 0.2) is 5.96 Å². The van der Waals surface area contributed by atoms with Gasteiger partial charge in [-0.2, -0.15) is 13.2 Å². The van der Waals surface area contributed by atoms with E-state index >= 15 is 0 Å². The lowest BCUT2D eigenvalue weighted by Gasteiger charge is -2.34. The first-order chi connectivity index (χ1) is 11.5. The molecule has 24 heavy (non-hydrogen) atoms. The number of piperidine rings is 1. The van der Waals surface area contributed by atoms with Crippen molar-refractivity contribution in [2.24, 2.45) is 4.99 Å². The molecule has 2 N–H and O–H groups in total. The minimum atomic E-state index is -4.16. The summed E-state index contributed by atoms with van der Waals surface area (Å²) < 4.78 is 36.7. The molecular weight excluding hydrogens is 317 g/mol. The maximum absolute atomic E-state index is 12.2. The fourth-order valence-corrected chi connectivity index (χ4v) is 2.73. The quantitative estimate of drug-likeness (QED) is 0.638. The number of hydrogen-bond donors (Lipinski definition) is 2. The Morgan fingerprint density at radius 2 is 1.88 bits per heavy atom. The van der Waals surface area contributed by atoms with Gasteiger partial charge in [-0.05, 0) is 31.9 Å². The highest BCUT2D eigenvalue weighted by Crippen LogP contribution is 2.20. The molecule has 0 spiro atoms. The fraction of sp³-hybridized carbons (Fsp3) is 0.588. The maximum atomic E-state index is 12.2. The molecule has 0 radical (unpaired) electrons. The molecule has 1 aromatic carbocycles. The van der Waals surface area contributed by atoms with Crippen LogP contribution in [0.25, 0.3) is 0 Å². The number of aliphatic imine (C=N–C) groups is 1. The molecule has 0 aromatic heterocycles. The zero-order valence-electron chi connectivity index (χ0n) is 13.9. The molecule has 134 valence electrons. The summed E-state index contributed by atoms with van der Waals surface area (Å²) in [5.41, 5.74) is 1.21. The lowest BCUT2D eigenvalue weighted by Crippen LogP contribution is -2.48. The largest absolute Gasteiger partial charge is 0.390 e. The number of halogens is 3. The van der Waals surface area contributed by atoms with Crippen LogP contribution in [0.1, 0.15) is 26.2 Å². The van der Waals surface area contributed by atoms with Crippen molar-refractivity contribution in [3.8, 4) is 0 Å². The number of nitrogens with zero attached hydrogens (tertiary/aromatic N) is 2. The molecule has 7 heteroatoms. The zero-order valence-corrected chi connectivity index (χ0v) is 13.9. The second kappa shape index (κ2) is 8.80. The van der Waals surface area contributed by atoms with Crippen LogP contribution in [0.4, 0.5) is 18.9 Å². The third kappa shape index (κ3) is 6.29. The van der Waals surface area contributed by atoms with Crippen molar-refractivity contribution >= 4 is 11.6 Å². The van der Waals surface area contributed by atoms with Crippen LogP contribution in [0.2, 0.25) is 0 Å². The Hall–Kier alpha value is -1.92. The topological polar surface area (TPSA) is 39.7 Å². The van der Waals surface area contributed by atoms with Crippen LogP contribution >= 0.6 is 0 Å². The van der Waals surface area contributed by atoms with E-state index in [-0.39, 0.29) is 12.6 Å². The van der Waals surface area contributed by atoms with Crippen molar-refractivity contribution < 1.29 is 13.2 Å². The van der Waals surface area contributed by atoms with Crippen LogP contribution in [0.15, 0.2) is 35.3 Å². The molecule has 0 aliphatic carbocycles. The highest BCUT2D eigenvalue weighted by molar-refractivity contribution is 5.80. The first-order valence-electron chi connectivity index (χ1n) is 8.39. The Kier molecular flexibility index (Phi) is 6.75. The van der Waals surface area contributed by atoms with Gasteiger partial charge in [0.25, 0.3) is 0 Å². The van der Waals surface area contributed by atoms with Gasteiger partial charge in [-0.25, -0.2) is 0 Å². The molecule has 0 atom stereocenters. The summed E-state index contributed by atoms with van der Waals surface area (Å²) in [6.45, 7) is 4.12. The van der Waals surface area contributed by atoms with Crippen LogP contribution in [0.5, 0.6) is 0 Å². The molecule has 4 nitrogen and oxygen atoms in total. The van der Waals surface area contributed by atoms with Gasteiger partial charge in [0.1, 0.15) is 0 Å². The standard InChI is InChI=1S/C17H25F3N4/c1-2-21-16(22-11-10-17(18,19)20)23-14-8-12-24(13-9-14)15-6-4-3-5-7-15/h3-7,14H,2,8-13H2,1H3,(H2,21,22,23). The Balaban J connectivity index is 1.82. The monoisotopic (exact) mass is 342 g/mol. The highest BCUT2D eigenvalue weighted by atomic mass is 19.4. The molecule has 0 amide bonds. The summed E-state index contributed by atoms with van der Waals surface area (Å²) in [6, 6.07) is 10.5. The van der Waals surface area contributed by atoms with Gasteiger partial charge in [0.05, 0.1) is 13.0 Å². The number of para-hydroxylation sites is 1. The summed E-state index contributed by atoms with van der Waals surface area (Å²) in [5.74, 6) is 0.472. The van der Waals surface area contributed by atoms with E-state index in [4.69, 9.17) is 0 Å². The molecule has 0 unspecified atom stereocenters. The van der Waals surface area contributed by atoms with E-state index in [1.807, 2.05) is 25.1 Å². The van der Waals surface area contributed by atoms with Crippen molar-refractivity contribution in [1.82, 2.24) is 10.6 Å². The second-order valence-corrected chi connectivity index (χ2v) is 5.87. The van der Waals surface area contributed by atoms with E-state index in [1.165, 1.54) is 5.69 Å². The third-order valence-corrected chi connectivity index (χ3v) is 3.97. The predicted octanol–water partition coefficient (Wildman–Crippen LogP) is 3.16. The van der Waals surface area contributed by atoms with Crippen molar-refractivity contribution in [2.45, 2.75) is 38.4 Å². The van der Waals surface area contributed by atoms with Gasteiger partial charge in [-0.15, -0.1) is 0 Å². The van der Waals surface area contributed by atoms with Gasteiger partial charge in [0.2, 0.25) is 0 Å². The Morgan fingerprint density at radius 1 is 1.21 bits per heavy atom. The minimum Gasteiger partial charge on any atom is -0.371 e. The van der Waals surface area contributed by atoms with Gasteiger partial charge >= 0.3 is 6.18 Å². The van der Waals surface area contributed by atoms with E-state index in [0.29, 0.717) is 12.5 Å². The van der Waals surface area contributed by atoms with E-state index < -0.39 is 12.6 Å². The summed E-state index contributed by atoms with van der Waals surface area (Å²) in [4.78, 5) is 6.36. The molecule has 1 heterocycles. The number of anilines is 1. The number of rotatable bonds is 5. The molecular formula is C17H25F3N4. The molecule has 1 fully saturated rings. The molecule has 1 aliphatic heterocycles. The van der Waals surface area contributed by atoms with Crippen LogP contribution in [-0.4, -0.2) is 44.4 Å². The Labute approximate surface area is 141 Å². The van der Waals surface area contributed by atoms with Gasteiger partial charge in [-0.1, -0.05) is 18.2 Å². The normalized spacial score (nSPS) is 17.0. The summed E-state index contributed by atoms with van der Waals surface area (Å²) in [6.07, 6.45) is -3.20. The molecule has 1 aromatic rings. The van der Waals surface area contributed by atoms with Crippen molar-refractivity contribution in [1.29, 1.82) is 0 Å². The van der Waals surface area contributed by atoms with E-state index in [0.717, 1.165) is 25.9 Å². The van der Waals surface area contributed by atoms with Gasteiger partial charge in [-0.3, -0.25) is 4.99 Å². The lowest BCUT2D eigenvalue weighted by atomic mass is 10.0. The first-order valence-corrected chi connectivity index (χ1v) is 8.39. The van der Waals surface area contributed by atoms with E-state index in [1.54, 1.807) is 0 Å². The smallest absolute Gasteiger partial charge is 0.371 e. The SMILES string of the molecule is CCNC(=NCCC(F)(F)F)NC1CCN(c2ccccc2)CC1. The second-order valence-electron chi connectivity index (χ2n) is 5.87. The predicted molar refractivity (Wildman–Crippen MR) is 91.5 cm³/mol.